The number of imidazole rings is 1. The second-order valence-electron chi connectivity index (χ2n) is 4.72. The Morgan fingerprint density at radius 1 is 1.50 bits per heavy atom. The number of rotatable bonds is 3. The van der Waals surface area contributed by atoms with E-state index < -0.39 is 10.0 Å². The number of hydrogen-bond acceptors (Lipinski definition) is 4. The molecule has 1 unspecified atom stereocenters. The first-order valence-electron chi connectivity index (χ1n) is 5.67. The van der Waals surface area contributed by atoms with E-state index in [1.54, 1.807) is 7.05 Å². The number of halogens is 1. The normalized spacial score (nSPS) is 21.9. The highest BCUT2D eigenvalue weighted by Crippen LogP contribution is 2.26. The lowest BCUT2D eigenvalue weighted by Gasteiger charge is -2.19. The van der Waals surface area contributed by atoms with E-state index in [1.165, 1.54) is 15.2 Å². The van der Waals surface area contributed by atoms with Gasteiger partial charge in [-0.15, -0.1) is 0 Å². The van der Waals surface area contributed by atoms with E-state index in [0.717, 1.165) is 6.42 Å². The molecule has 1 aliphatic heterocycles. The zero-order valence-corrected chi connectivity index (χ0v) is 12.2. The largest absolute Gasteiger partial charge is 0.324 e. The molecule has 102 valence electrons. The van der Waals surface area contributed by atoms with E-state index in [0.29, 0.717) is 13.1 Å². The first kappa shape index (κ1) is 13.8. The van der Waals surface area contributed by atoms with Gasteiger partial charge in [0, 0.05) is 26.2 Å². The van der Waals surface area contributed by atoms with Crippen LogP contribution in [0.1, 0.15) is 6.42 Å². The molecule has 0 spiro atoms. The molecular weight excluding hydrogens is 276 g/mol. The third-order valence-electron chi connectivity index (χ3n) is 3.27. The summed E-state index contributed by atoms with van der Waals surface area (Å²) in [6.45, 7) is 1.00. The standard InChI is InChI=1S/C10H17ClN4O2S/c1-13(2)8-4-5-15(6-8)18(16,17)10-9(11)14(3)7-12-10/h7-8H,4-6H2,1-3H3. The lowest BCUT2D eigenvalue weighted by atomic mass is 10.2. The van der Waals surface area contributed by atoms with Crippen molar-refractivity contribution in [1.82, 2.24) is 18.8 Å². The summed E-state index contributed by atoms with van der Waals surface area (Å²) in [7, 11) is 2.00. The quantitative estimate of drug-likeness (QED) is 0.809. The van der Waals surface area contributed by atoms with E-state index >= 15 is 0 Å². The minimum Gasteiger partial charge on any atom is -0.324 e. The van der Waals surface area contributed by atoms with E-state index in [2.05, 4.69) is 4.98 Å². The zero-order chi connectivity index (χ0) is 13.5. The van der Waals surface area contributed by atoms with E-state index in [9.17, 15) is 8.42 Å². The van der Waals surface area contributed by atoms with Crippen molar-refractivity contribution in [2.75, 3.05) is 27.2 Å². The third kappa shape index (κ3) is 2.27. The van der Waals surface area contributed by atoms with Crippen LogP contribution in [0.3, 0.4) is 0 Å². The molecule has 18 heavy (non-hydrogen) atoms. The van der Waals surface area contributed by atoms with Gasteiger partial charge in [0.05, 0.1) is 6.33 Å². The van der Waals surface area contributed by atoms with Gasteiger partial charge in [-0.2, -0.15) is 4.31 Å². The van der Waals surface area contributed by atoms with Gasteiger partial charge in [-0.1, -0.05) is 11.6 Å². The predicted octanol–water partition coefficient (Wildman–Crippen LogP) is 0.398. The Morgan fingerprint density at radius 2 is 2.17 bits per heavy atom. The molecule has 0 aliphatic carbocycles. The number of likely N-dealkylation sites (N-methyl/N-ethyl adjacent to an activating group) is 1. The Kier molecular flexibility index (Phi) is 3.68. The zero-order valence-electron chi connectivity index (χ0n) is 10.7. The number of aryl methyl sites for hydroxylation is 1. The van der Waals surface area contributed by atoms with E-state index in [1.807, 2.05) is 19.0 Å². The van der Waals surface area contributed by atoms with Crippen LogP contribution < -0.4 is 0 Å². The summed E-state index contributed by atoms with van der Waals surface area (Å²) in [6, 6.07) is 0.252. The maximum atomic E-state index is 12.4. The van der Waals surface area contributed by atoms with Crippen LogP contribution in [0.25, 0.3) is 0 Å². The monoisotopic (exact) mass is 292 g/mol. The van der Waals surface area contributed by atoms with Gasteiger partial charge in [0.15, 0.2) is 0 Å². The topological polar surface area (TPSA) is 58.4 Å². The van der Waals surface area contributed by atoms with E-state index in [-0.39, 0.29) is 16.2 Å². The molecule has 0 amide bonds. The minimum atomic E-state index is -3.57. The second-order valence-corrected chi connectivity index (χ2v) is 6.93. The molecule has 1 atom stereocenters. The molecule has 2 heterocycles. The molecule has 1 aromatic rings. The summed E-state index contributed by atoms with van der Waals surface area (Å²) in [6.07, 6.45) is 2.24. The van der Waals surface area contributed by atoms with Crippen molar-refractivity contribution in [2.45, 2.75) is 17.5 Å². The van der Waals surface area contributed by atoms with Crippen LogP contribution in [-0.2, 0) is 17.1 Å². The van der Waals surface area contributed by atoms with Crippen LogP contribution in [0.2, 0.25) is 5.15 Å². The summed E-state index contributed by atoms with van der Waals surface area (Å²) in [4.78, 5) is 5.93. The van der Waals surface area contributed by atoms with Crippen LogP contribution in [0, 0.1) is 0 Å². The first-order valence-corrected chi connectivity index (χ1v) is 7.49. The SMILES string of the molecule is CN(C)C1CCN(S(=O)(=O)c2ncn(C)c2Cl)C1. The predicted molar refractivity (Wildman–Crippen MR) is 69.1 cm³/mol. The van der Waals surface area contributed by atoms with Gasteiger partial charge in [-0.05, 0) is 20.5 Å². The smallest absolute Gasteiger partial charge is 0.263 e. The Balaban J connectivity index is 2.26. The van der Waals surface area contributed by atoms with Crippen LogP contribution in [0.15, 0.2) is 11.4 Å². The summed E-state index contributed by atoms with van der Waals surface area (Å²) in [5.41, 5.74) is 0. The highest BCUT2D eigenvalue weighted by Gasteiger charge is 2.36. The maximum Gasteiger partial charge on any atom is 0.263 e. The van der Waals surface area contributed by atoms with Gasteiger partial charge < -0.3 is 9.47 Å². The van der Waals surface area contributed by atoms with Crippen LogP contribution >= 0.6 is 11.6 Å². The van der Waals surface area contributed by atoms with Crippen molar-refractivity contribution in [2.24, 2.45) is 7.05 Å². The third-order valence-corrected chi connectivity index (χ3v) is 5.63. The molecule has 6 nitrogen and oxygen atoms in total. The fraction of sp³-hybridized carbons (Fsp3) is 0.700. The molecule has 1 fully saturated rings. The highest BCUT2D eigenvalue weighted by atomic mass is 35.5. The Morgan fingerprint density at radius 3 is 2.61 bits per heavy atom. The van der Waals surface area contributed by atoms with Crippen LogP contribution in [-0.4, -0.2) is 60.4 Å². The summed E-state index contributed by atoms with van der Waals surface area (Å²) >= 11 is 5.95. The van der Waals surface area contributed by atoms with Gasteiger partial charge in [0.1, 0.15) is 5.15 Å². The Hall–Kier alpha value is -0.630. The van der Waals surface area contributed by atoms with Gasteiger partial charge in [-0.3, -0.25) is 0 Å². The van der Waals surface area contributed by atoms with Crippen molar-refractivity contribution < 1.29 is 8.42 Å². The lowest BCUT2D eigenvalue weighted by Crippen LogP contribution is -2.34. The fourth-order valence-electron chi connectivity index (χ4n) is 2.04. The summed E-state index contributed by atoms with van der Waals surface area (Å²) in [5.74, 6) is 0. The van der Waals surface area contributed by atoms with Gasteiger partial charge in [-0.25, -0.2) is 13.4 Å². The first-order chi connectivity index (χ1) is 8.34. The van der Waals surface area contributed by atoms with Crippen molar-refractivity contribution in [3.63, 3.8) is 0 Å². The van der Waals surface area contributed by atoms with Crippen molar-refractivity contribution in [3.05, 3.63) is 11.5 Å². The molecular formula is C10H17ClN4O2S. The van der Waals surface area contributed by atoms with Gasteiger partial charge >= 0.3 is 0 Å². The average Bonchev–Trinajstić information content (AvgIpc) is 2.88. The van der Waals surface area contributed by atoms with Gasteiger partial charge in [0.2, 0.25) is 5.03 Å². The van der Waals surface area contributed by atoms with Crippen molar-refractivity contribution in [1.29, 1.82) is 0 Å². The molecule has 1 aromatic heterocycles. The van der Waals surface area contributed by atoms with Crippen molar-refractivity contribution >= 4 is 21.6 Å². The molecule has 0 radical (unpaired) electrons. The molecule has 0 N–H and O–H groups in total. The maximum absolute atomic E-state index is 12.4. The lowest BCUT2D eigenvalue weighted by molar-refractivity contribution is 0.302. The average molecular weight is 293 g/mol. The molecule has 0 aromatic carbocycles. The molecule has 1 saturated heterocycles. The summed E-state index contributed by atoms with van der Waals surface area (Å²) in [5, 5.41) is 0.106. The van der Waals surface area contributed by atoms with Crippen LogP contribution in [0.5, 0.6) is 0 Å². The Labute approximate surface area is 112 Å². The molecule has 0 bridgehead atoms. The molecule has 0 saturated carbocycles. The minimum absolute atomic E-state index is 0.0499. The number of hydrogen-bond donors (Lipinski definition) is 0. The van der Waals surface area contributed by atoms with E-state index in [4.69, 9.17) is 11.6 Å². The van der Waals surface area contributed by atoms with Crippen molar-refractivity contribution in [3.8, 4) is 0 Å². The second kappa shape index (κ2) is 4.80. The van der Waals surface area contributed by atoms with Gasteiger partial charge in [0.25, 0.3) is 10.0 Å². The number of sulfonamides is 1. The fourth-order valence-corrected chi connectivity index (χ4v) is 3.92. The Bertz CT molecular complexity index is 540. The van der Waals surface area contributed by atoms with Crippen LogP contribution in [0.4, 0.5) is 0 Å². The number of nitrogens with zero attached hydrogens (tertiary/aromatic N) is 4. The highest BCUT2D eigenvalue weighted by molar-refractivity contribution is 7.89. The molecule has 2 rings (SSSR count). The summed E-state index contributed by atoms with van der Waals surface area (Å²) < 4.78 is 27.7. The molecule has 1 aliphatic rings. The molecule has 8 heteroatoms. The number of aromatic nitrogens is 2.